The van der Waals surface area contributed by atoms with Crippen LogP contribution < -0.4 is 4.90 Å². The van der Waals surface area contributed by atoms with Crippen LogP contribution in [0.3, 0.4) is 0 Å². The lowest BCUT2D eigenvalue weighted by Gasteiger charge is -2.35. The Morgan fingerprint density at radius 2 is 1.76 bits per heavy atom. The molecule has 2 aliphatic rings. The van der Waals surface area contributed by atoms with Crippen LogP contribution in [0.4, 0.5) is 15.6 Å². The lowest BCUT2D eigenvalue weighted by atomic mass is 9.81. The van der Waals surface area contributed by atoms with Crippen molar-refractivity contribution in [1.82, 2.24) is 14.8 Å². The number of thiazole rings is 1. The molecule has 5 rings (SSSR count). The molecule has 0 radical (unpaired) electrons. The number of urea groups is 1. The third-order valence-electron chi connectivity index (χ3n) is 6.86. The number of imide groups is 1. The second kappa shape index (κ2) is 8.26. The van der Waals surface area contributed by atoms with Crippen molar-refractivity contribution in [1.29, 1.82) is 0 Å². The van der Waals surface area contributed by atoms with Crippen molar-refractivity contribution >= 4 is 50.2 Å². The third-order valence-corrected chi connectivity index (χ3v) is 7.88. The van der Waals surface area contributed by atoms with Crippen molar-refractivity contribution in [3.63, 3.8) is 0 Å². The zero-order valence-corrected chi connectivity index (χ0v) is 19.6. The van der Waals surface area contributed by atoms with Crippen LogP contribution in [0, 0.1) is 6.92 Å². The zero-order chi connectivity index (χ0) is 23.2. The summed E-state index contributed by atoms with van der Waals surface area (Å²) in [5.41, 5.74) is 1.60. The number of para-hydroxylation sites is 2. The highest BCUT2D eigenvalue weighted by molar-refractivity contribution is 7.22. The molecule has 1 saturated carbocycles. The van der Waals surface area contributed by atoms with E-state index in [2.05, 4.69) is 4.98 Å². The fourth-order valence-electron chi connectivity index (χ4n) is 4.99. The highest BCUT2D eigenvalue weighted by atomic mass is 32.1. The van der Waals surface area contributed by atoms with Crippen LogP contribution in [0.1, 0.15) is 37.7 Å². The molecule has 170 valence electrons. The maximum atomic E-state index is 13.7. The molecule has 1 saturated heterocycles. The fourth-order valence-corrected chi connectivity index (χ4v) is 5.99. The molecule has 4 amide bonds. The minimum Gasteiger partial charge on any atom is -0.313 e. The summed E-state index contributed by atoms with van der Waals surface area (Å²) in [6, 6.07) is 14.9. The maximum Gasteiger partial charge on any atom is 0.327 e. The van der Waals surface area contributed by atoms with E-state index in [1.807, 2.05) is 55.5 Å². The summed E-state index contributed by atoms with van der Waals surface area (Å²) in [6.07, 6.45) is 4.18. The topological polar surface area (TPSA) is 73.8 Å². The smallest absolute Gasteiger partial charge is 0.313 e. The number of fused-ring (bicyclic) bond motifs is 1. The van der Waals surface area contributed by atoms with Crippen LogP contribution in [0.2, 0.25) is 0 Å². The molecule has 1 spiro atoms. The molecule has 0 unspecified atom stereocenters. The fraction of sp³-hybridized carbons (Fsp3) is 0.360. The summed E-state index contributed by atoms with van der Waals surface area (Å²) in [5, 5.41) is 0.523. The molecule has 1 aliphatic heterocycles. The second-order valence-electron chi connectivity index (χ2n) is 8.80. The first-order valence-corrected chi connectivity index (χ1v) is 12.1. The van der Waals surface area contributed by atoms with Crippen molar-refractivity contribution in [3.8, 4) is 0 Å². The number of nitrogens with zero attached hydrogens (tertiary/aromatic N) is 4. The molecule has 8 heteroatoms. The van der Waals surface area contributed by atoms with Gasteiger partial charge in [0.1, 0.15) is 12.1 Å². The number of hydrogen-bond donors (Lipinski definition) is 0. The monoisotopic (exact) mass is 462 g/mol. The average molecular weight is 463 g/mol. The third kappa shape index (κ3) is 3.49. The van der Waals surface area contributed by atoms with Gasteiger partial charge in [-0.1, -0.05) is 60.9 Å². The number of amides is 4. The molecule has 2 aromatic carbocycles. The Morgan fingerprint density at radius 1 is 1.06 bits per heavy atom. The minimum absolute atomic E-state index is 0.253. The first kappa shape index (κ1) is 21.6. The van der Waals surface area contributed by atoms with Crippen LogP contribution >= 0.6 is 11.3 Å². The van der Waals surface area contributed by atoms with Crippen molar-refractivity contribution in [2.24, 2.45) is 0 Å². The molecular weight excluding hydrogens is 436 g/mol. The number of aromatic nitrogens is 1. The van der Waals surface area contributed by atoms with Gasteiger partial charge in [0.15, 0.2) is 5.13 Å². The Bertz CT molecular complexity index is 1210. The van der Waals surface area contributed by atoms with Crippen LogP contribution in [0.25, 0.3) is 10.2 Å². The van der Waals surface area contributed by atoms with Gasteiger partial charge in [0.2, 0.25) is 0 Å². The largest absolute Gasteiger partial charge is 0.327 e. The number of aryl methyl sites for hydroxylation is 1. The second-order valence-corrected chi connectivity index (χ2v) is 9.81. The lowest BCUT2D eigenvalue weighted by Crippen LogP contribution is -2.49. The van der Waals surface area contributed by atoms with Gasteiger partial charge in [0.25, 0.3) is 11.8 Å². The first-order valence-electron chi connectivity index (χ1n) is 11.3. The molecular formula is C25H26N4O3S. The van der Waals surface area contributed by atoms with E-state index in [0.29, 0.717) is 23.7 Å². The Hall–Kier alpha value is -3.26. The van der Waals surface area contributed by atoms with Crippen LogP contribution in [0.5, 0.6) is 0 Å². The molecule has 1 aliphatic carbocycles. The van der Waals surface area contributed by atoms with Gasteiger partial charge in [-0.15, -0.1) is 0 Å². The summed E-state index contributed by atoms with van der Waals surface area (Å²) in [4.78, 5) is 49.1. The van der Waals surface area contributed by atoms with Gasteiger partial charge in [-0.25, -0.2) is 9.78 Å². The number of benzene rings is 2. The SMILES string of the molecule is Cc1ccccc1N(C(=O)CN1C(=O)N(C)C2(CCCCC2)C1=O)c1nc2ccccc2s1. The quantitative estimate of drug-likeness (QED) is 0.519. The predicted molar refractivity (Wildman–Crippen MR) is 129 cm³/mol. The molecule has 2 fully saturated rings. The van der Waals surface area contributed by atoms with Crippen molar-refractivity contribution in [3.05, 3.63) is 54.1 Å². The minimum atomic E-state index is -0.807. The first-order chi connectivity index (χ1) is 15.9. The summed E-state index contributed by atoms with van der Waals surface area (Å²) in [7, 11) is 1.68. The normalized spacial score (nSPS) is 17.9. The summed E-state index contributed by atoms with van der Waals surface area (Å²) in [6.45, 7) is 1.62. The van der Waals surface area contributed by atoms with Gasteiger partial charge in [0, 0.05) is 7.05 Å². The van der Waals surface area contributed by atoms with E-state index < -0.39 is 11.6 Å². The molecule has 0 atom stereocenters. The molecule has 7 nitrogen and oxygen atoms in total. The number of likely N-dealkylation sites (N-methyl/N-ethyl adjacent to an activating group) is 1. The maximum absolute atomic E-state index is 13.7. The van der Waals surface area contributed by atoms with E-state index in [-0.39, 0.29) is 18.4 Å². The Morgan fingerprint density at radius 3 is 2.48 bits per heavy atom. The summed E-state index contributed by atoms with van der Waals surface area (Å²) in [5.74, 6) is -0.608. The summed E-state index contributed by atoms with van der Waals surface area (Å²) < 4.78 is 0.966. The molecule has 3 aromatic rings. The van der Waals surface area contributed by atoms with Gasteiger partial charge in [0.05, 0.1) is 15.9 Å². The lowest BCUT2D eigenvalue weighted by molar-refractivity contribution is -0.136. The summed E-state index contributed by atoms with van der Waals surface area (Å²) >= 11 is 1.41. The van der Waals surface area contributed by atoms with Crippen molar-refractivity contribution in [2.45, 2.75) is 44.6 Å². The van der Waals surface area contributed by atoms with E-state index in [1.54, 1.807) is 16.8 Å². The van der Waals surface area contributed by atoms with E-state index in [0.717, 1.165) is 39.9 Å². The number of anilines is 2. The van der Waals surface area contributed by atoms with Crippen LogP contribution in [-0.4, -0.2) is 51.8 Å². The van der Waals surface area contributed by atoms with Gasteiger partial charge >= 0.3 is 6.03 Å². The Balaban J connectivity index is 1.51. The number of rotatable bonds is 4. The molecule has 0 bridgehead atoms. The van der Waals surface area contributed by atoms with Crippen molar-refractivity contribution in [2.75, 3.05) is 18.5 Å². The highest BCUT2D eigenvalue weighted by Crippen LogP contribution is 2.40. The number of carbonyl (C=O) groups is 3. The van der Waals surface area contributed by atoms with E-state index in [1.165, 1.54) is 11.3 Å². The molecule has 1 aromatic heterocycles. The standard InChI is InChI=1S/C25H26N4O3S/c1-17-10-4-6-12-19(17)29(23-26-18-11-5-7-13-20(18)33-23)21(30)16-28-22(31)25(27(2)24(28)32)14-8-3-9-15-25/h4-7,10-13H,3,8-9,14-16H2,1-2H3. The number of hydrogen-bond acceptors (Lipinski definition) is 5. The molecule has 2 heterocycles. The van der Waals surface area contributed by atoms with E-state index >= 15 is 0 Å². The highest BCUT2D eigenvalue weighted by Gasteiger charge is 2.56. The Kier molecular flexibility index (Phi) is 5.40. The molecule has 0 N–H and O–H groups in total. The van der Waals surface area contributed by atoms with E-state index in [9.17, 15) is 14.4 Å². The predicted octanol–water partition coefficient (Wildman–Crippen LogP) is 4.87. The van der Waals surface area contributed by atoms with Crippen molar-refractivity contribution < 1.29 is 14.4 Å². The van der Waals surface area contributed by atoms with Gasteiger partial charge in [-0.2, -0.15) is 0 Å². The van der Waals surface area contributed by atoms with Crippen LogP contribution in [0.15, 0.2) is 48.5 Å². The van der Waals surface area contributed by atoms with Gasteiger partial charge in [-0.05, 0) is 43.5 Å². The van der Waals surface area contributed by atoms with Crippen LogP contribution in [-0.2, 0) is 9.59 Å². The van der Waals surface area contributed by atoms with Gasteiger partial charge in [-0.3, -0.25) is 19.4 Å². The Labute approximate surface area is 196 Å². The zero-order valence-electron chi connectivity index (χ0n) is 18.8. The number of carbonyl (C=O) groups excluding carboxylic acids is 3. The van der Waals surface area contributed by atoms with E-state index in [4.69, 9.17) is 0 Å². The average Bonchev–Trinajstić information content (AvgIpc) is 3.32. The van der Waals surface area contributed by atoms with Gasteiger partial charge < -0.3 is 4.90 Å². The molecule has 33 heavy (non-hydrogen) atoms.